The molecule has 2 aliphatic rings. The Bertz CT molecular complexity index is 640. The van der Waals surface area contributed by atoms with Gasteiger partial charge in [-0.05, 0) is 54.9 Å². The molecule has 1 aliphatic heterocycles. The number of halogens is 1. The fourth-order valence-corrected chi connectivity index (χ4v) is 4.70. The van der Waals surface area contributed by atoms with E-state index in [1.807, 2.05) is 0 Å². The minimum absolute atomic E-state index is 0.0936. The second-order valence-corrected chi connectivity index (χ2v) is 8.27. The molecule has 0 aromatic heterocycles. The Morgan fingerprint density at radius 1 is 1.38 bits per heavy atom. The number of sulfone groups is 1. The highest BCUT2D eigenvalue weighted by Crippen LogP contribution is 2.48. The highest BCUT2D eigenvalue weighted by Gasteiger charge is 2.42. The molecule has 0 spiro atoms. The smallest absolute Gasteiger partial charge is 0.178 e. The zero-order valence-corrected chi connectivity index (χ0v) is 12.6. The molecule has 116 valence electrons. The standard InChI is InChI=1S/C15H20FNO3S/c16-11-1-2-14-12(9-11)13(3-8-21(14,19)20)17-10-15(4-5-15)6-7-18/h1-2,9,13,17-18H,3-8,10H2. The van der Waals surface area contributed by atoms with Crippen LogP contribution in [0.1, 0.15) is 37.3 Å². The van der Waals surface area contributed by atoms with Gasteiger partial charge in [-0.25, -0.2) is 12.8 Å². The van der Waals surface area contributed by atoms with E-state index in [0.717, 1.165) is 25.8 Å². The lowest BCUT2D eigenvalue weighted by atomic mass is 9.99. The number of rotatable bonds is 5. The molecule has 1 fully saturated rings. The van der Waals surface area contributed by atoms with Gasteiger partial charge >= 0.3 is 0 Å². The molecule has 1 aromatic carbocycles. The maximum absolute atomic E-state index is 13.5. The lowest BCUT2D eigenvalue weighted by Gasteiger charge is -2.28. The summed E-state index contributed by atoms with van der Waals surface area (Å²) in [6.07, 6.45) is 3.40. The molecule has 21 heavy (non-hydrogen) atoms. The molecule has 1 heterocycles. The van der Waals surface area contributed by atoms with Crippen molar-refractivity contribution in [1.82, 2.24) is 5.32 Å². The third-order valence-electron chi connectivity index (χ3n) is 4.68. The van der Waals surface area contributed by atoms with Gasteiger partial charge in [0.15, 0.2) is 9.84 Å². The molecule has 1 saturated carbocycles. The van der Waals surface area contributed by atoms with Crippen molar-refractivity contribution in [3.05, 3.63) is 29.6 Å². The maximum Gasteiger partial charge on any atom is 0.178 e. The highest BCUT2D eigenvalue weighted by atomic mass is 32.2. The van der Waals surface area contributed by atoms with Crippen LogP contribution >= 0.6 is 0 Å². The van der Waals surface area contributed by atoms with E-state index in [1.165, 1.54) is 18.2 Å². The van der Waals surface area contributed by atoms with Crippen LogP contribution in [-0.2, 0) is 9.84 Å². The SMILES string of the molecule is O=S1(=O)CCC(NCC2(CCO)CC2)c2cc(F)ccc21. The molecule has 4 nitrogen and oxygen atoms in total. The summed E-state index contributed by atoms with van der Waals surface area (Å²) in [5, 5.41) is 12.5. The van der Waals surface area contributed by atoms with Crippen LogP contribution in [0.15, 0.2) is 23.1 Å². The first-order chi connectivity index (χ1) is 9.96. The second-order valence-electron chi connectivity index (χ2n) is 6.20. The van der Waals surface area contributed by atoms with Crippen molar-refractivity contribution >= 4 is 9.84 Å². The van der Waals surface area contributed by atoms with Gasteiger partial charge in [0.1, 0.15) is 5.82 Å². The lowest BCUT2D eigenvalue weighted by Crippen LogP contribution is -2.33. The average Bonchev–Trinajstić information content (AvgIpc) is 3.18. The van der Waals surface area contributed by atoms with Gasteiger partial charge in [0.05, 0.1) is 10.6 Å². The van der Waals surface area contributed by atoms with Crippen LogP contribution in [0.5, 0.6) is 0 Å². The lowest BCUT2D eigenvalue weighted by molar-refractivity contribution is 0.241. The monoisotopic (exact) mass is 313 g/mol. The predicted octanol–water partition coefficient (Wildman–Crippen LogP) is 1.80. The molecule has 1 aromatic rings. The first-order valence-corrected chi connectivity index (χ1v) is 8.98. The Morgan fingerprint density at radius 2 is 2.14 bits per heavy atom. The van der Waals surface area contributed by atoms with Crippen molar-refractivity contribution in [3.8, 4) is 0 Å². The Kier molecular flexibility index (Phi) is 3.80. The Morgan fingerprint density at radius 3 is 2.81 bits per heavy atom. The molecule has 0 bridgehead atoms. The van der Waals surface area contributed by atoms with E-state index in [9.17, 15) is 12.8 Å². The Labute approximate surface area is 124 Å². The van der Waals surface area contributed by atoms with Crippen molar-refractivity contribution in [3.63, 3.8) is 0 Å². The van der Waals surface area contributed by atoms with E-state index in [-0.39, 0.29) is 28.7 Å². The molecule has 2 N–H and O–H groups in total. The summed E-state index contributed by atoms with van der Waals surface area (Å²) in [7, 11) is -3.29. The first kappa shape index (κ1) is 14.9. The summed E-state index contributed by atoms with van der Waals surface area (Å²) in [5.74, 6) is -0.315. The van der Waals surface area contributed by atoms with Crippen LogP contribution in [0.4, 0.5) is 4.39 Å². The molecule has 1 unspecified atom stereocenters. The number of nitrogens with one attached hydrogen (secondary N) is 1. The minimum Gasteiger partial charge on any atom is -0.396 e. The van der Waals surface area contributed by atoms with E-state index in [1.54, 1.807) is 0 Å². The van der Waals surface area contributed by atoms with Gasteiger partial charge in [0.25, 0.3) is 0 Å². The maximum atomic E-state index is 13.5. The zero-order valence-electron chi connectivity index (χ0n) is 11.8. The summed E-state index contributed by atoms with van der Waals surface area (Å²) >= 11 is 0. The van der Waals surface area contributed by atoms with Crippen LogP contribution in [0.25, 0.3) is 0 Å². The molecular formula is C15H20FNO3S. The van der Waals surface area contributed by atoms with Gasteiger partial charge in [-0.3, -0.25) is 0 Å². The summed E-state index contributed by atoms with van der Waals surface area (Å²) < 4.78 is 37.6. The van der Waals surface area contributed by atoms with Gasteiger partial charge in [-0.2, -0.15) is 0 Å². The Balaban J connectivity index is 1.80. The third kappa shape index (κ3) is 2.98. The van der Waals surface area contributed by atoms with Gasteiger partial charge < -0.3 is 10.4 Å². The number of aliphatic hydroxyl groups is 1. The fraction of sp³-hybridized carbons (Fsp3) is 0.600. The van der Waals surface area contributed by atoms with E-state index >= 15 is 0 Å². The van der Waals surface area contributed by atoms with Crippen LogP contribution in [0, 0.1) is 11.2 Å². The van der Waals surface area contributed by atoms with Crippen LogP contribution in [-0.4, -0.2) is 32.4 Å². The molecule has 6 heteroatoms. The van der Waals surface area contributed by atoms with E-state index < -0.39 is 15.7 Å². The number of hydrogen-bond acceptors (Lipinski definition) is 4. The normalized spacial score (nSPS) is 25.3. The highest BCUT2D eigenvalue weighted by molar-refractivity contribution is 7.91. The summed E-state index contributed by atoms with van der Waals surface area (Å²) in [6.45, 7) is 0.917. The molecule has 1 atom stereocenters. The fourth-order valence-electron chi connectivity index (χ4n) is 3.09. The topological polar surface area (TPSA) is 66.4 Å². The van der Waals surface area contributed by atoms with Crippen molar-refractivity contribution < 1.29 is 17.9 Å². The summed E-state index contributed by atoms with van der Waals surface area (Å²) in [6, 6.07) is 3.77. The molecule has 1 aliphatic carbocycles. The predicted molar refractivity (Wildman–Crippen MR) is 77.2 cm³/mol. The molecule has 0 radical (unpaired) electrons. The number of benzene rings is 1. The van der Waals surface area contributed by atoms with Crippen molar-refractivity contribution in [2.24, 2.45) is 5.41 Å². The number of fused-ring (bicyclic) bond motifs is 1. The van der Waals surface area contributed by atoms with Gasteiger partial charge in [0, 0.05) is 19.2 Å². The average molecular weight is 313 g/mol. The Hall–Kier alpha value is -0.980. The van der Waals surface area contributed by atoms with E-state index in [4.69, 9.17) is 5.11 Å². The van der Waals surface area contributed by atoms with E-state index in [0.29, 0.717) is 12.0 Å². The van der Waals surface area contributed by atoms with Crippen LogP contribution in [0.3, 0.4) is 0 Å². The van der Waals surface area contributed by atoms with E-state index in [2.05, 4.69) is 5.32 Å². The second kappa shape index (κ2) is 5.34. The van der Waals surface area contributed by atoms with Crippen molar-refractivity contribution in [1.29, 1.82) is 0 Å². The van der Waals surface area contributed by atoms with Gasteiger partial charge in [-0.1, -0.05) is 0 Å². The third-order valence-corrected chi connectivity index (χ3v) is 6.50. The number of hydrogen-bond donors (Lipinski definition) is 2. The van der Waals surface area contributed by atoms with Crippen molar-refractivity contribution in [2.45, 2.75) is 36.6 Å². The number of aliphatic hydroxyl groups excluding tert-OH is 1. The first-order valence-electron chi connectivity index (χ1n) is 7.32. The van der Waals surface area contributed by atoms with Crippen molar-refractivity contribution in [2.75, 3.05) is 18.9 Å². The minimum atomic E-state index is -3.29. The quantitative estimate of drug-likeness (QED) is 0.814. The largest absolute Gasteiger partial charge is 0.396 e. The van der Waals surface area contributed by atoms with Crippen LogP contribution in [0.2, 0.25) is 0 Å². The molecule has 0 saturated heterocycles. The van der Waals surface area contributed by atoms with Gasteiger partial charge in [-0.15, -0.1) is 0 Å². The molecular weight excluding hydrogens is 293 g/mol. The molecule has 0 amide bonds. The summed E-state index contributed by atoms with van der Waals surface area (Å²) in [5.41, 5.74) is 0.694. The molecule has 3 rings (SSSR count). The van der Waals surface area contributed by atoms with Crippen LogP contribution < -0.4 is 5.32 Å². The van der Waals surface area contributed by atoms with Gasteiger partial charge in [0.2, 0.25) is 0 Å². The zero-order chi connectivity index (χ0) is 15.1. The summed E-state index contributed by atoms with van der Waals surface area (Å²) in [4.78, 5) is 0.250.